The number of nitrogens with zero attached hydrogens (tertiary/aromatic N) is 2. The van der Waals surface area contributed by atoms with E-state index in [4.69, 9.17) is 4.98 Å². The molecule has 0 unspecified atom stereocenters. The standard InChI is InChI=1S/C26H26N2S/c1-26(2,3)20-14-12-19(13-15-20)24-22-11-7-10-21(22)23(16-27)25(28-24)29-17-18-8-5-4-6-9-18/h4-6,8-9,12-15H,7,10-11,17H2,1-3H3. The van der Waals surface area contributed by atoms with Crippen molar-refractivity contribution < 1.29 is 0 Å². The first-order valence-electron chi connectivity index (χ1n) is 10.2. The van der Waals surface area contributed by atoms with Gasteiger partial charge < -0.3 is 0 Å². The zero-order valence-electron chi connectivity index (χ0n) is 17.3. The molecule has 3 aromatic rings. The van der Waals surface area contributed by atoms with Crippen LogP contribution in [0.15, 0.2) is 59.6 Å². The molecule has 4 rings (SSSR count). The van der Waals surface area contributed by atoms with E-state index < -0.39 is 0 Å². The van der Waals surface area contributed by atoms with E-state index in [-0.39, 0.29) is 5.41 Å². The van der Waals surface area contributed by atoms with Gasteiger partial charge in [-0.3, -0.25) is 0 Å². The first kappa shape index (κ1) is 19.7. The van der Waals surface area contributed by atoms with Gasteiger partial charge in [0, 0.05) is 11.3 Å². The predicted octanol–water partition coefficient (Wildman–Crippen LogP) is 6.70. The molecule has 1 aromatic heterocycles. The average molecular weight is 399 g/mol. The van der Waals surface area contributed by atoms with E-state index in [1.807, 2.05) is 6.07 Å². The van der Waals surface area contributed by atoms with Gasteiger partial charge in [-0.1, -0.05) is 75.4 Å². The van der Waals surface area contributed by atoms with E-state index in [0.717, 1.165) is 46.9 Å². The van der Waals surface area contributed by atoms with Crippen molar-refractivity contribution in [2.75, 3.05) is 0 Å². The maximum atomic E-state index is 9.86. The van der Waals surface area contributed by atoms with Crippen molar-refractivity contribution in [2.45, 2.75) is 56.2 Å². The van der Waals surface area contributed by atoms with E-state index in [2.05, 4.69) is 75.4 Å². The molecule has 0 saturated heterocycles. The molecule has 0 radical (unpaired) electrons. The zero-order valence-corrected chi connectivity index (χ0v) is 18.1. The van der Waals surface area contributed by atoms with Crippen LogP contribution in [0.2, 0.25) is 0 Å². The highest BCUT2D eigenvalue weighted by molar-refractivity contribution is 7.98. The molecule has 0 amide bonds. The van der Waals surface area contributed by atoms with Crippen LogP contribution in [0.3, 0.4) is 0 Å². The number of pyridine rings is 1. The Balaban J connectivity index is 1.74. The number of nitriles is 1. The number of benzene rings is 2. The third-order valence-electron chi connectivity index (χ3n) is 5.59. The fraction of sp³-hybridized carbons (Fsp3) is 0.308. The molecule has 0 spiro atoms. The van der Waals surface area contributed by atoms with Crippen molar-refractivity contribution in [1.82, 2.24) is 4.98 Å². The highest BCUT2D eigenvalue weighted by Gasteiger charge is 2.24. The van der Waals surface area contributed by atoms with Crippen molar-refractivity contribution in [3.63, 3.8) is 0 Å². The van der Waals surface area contributed by atoms with Crippen molar-refractivity contribution in [1.29, 1.82) is 5.26 Å². The quantitative estimate of drug-likeness (QED) is 0.459. The molecule has 2 nitrogen and oxygen atoms in total. The molecule has 0 bridgehead atoms. The monoisotopic (exact) mass is 398 g/mol. The van der Waals surface area contributed by atoms with Gasteiger partial charge in [0.1, 0.15) is 11.1 Å². The summed E-state index contributed by atoms with van der Waals surface area (Å²) >= 11 is 1.67. The summed E-state index contributed by atoms with van der Waals surface area (Å²) in [4.78, 5) is 5.03. The third kappa shape index (κ3) is 4.09. The maximum Gasteiger partial charge on any atom is 0.115 e. The molecule has 1 heterocycles. The summed E-state index contributed by atoms with van der Waals surface area (Å²) in [5, 5.41) is 10.7. The smallest absolute Gasteiger partial charge is 0.115 e. The second-order valence-corrected chi connectivity index (χ2v) is 9.63. The van der Waals surface area contributed by atoms with Crippen LogP contribution < -0.4 is 0 Å². The van der Waals surface area contributed by atoms with E-state index in [0.29, 0.717) is 0 Å². The SMILES string of the molecule is CC(C)(C)c1ccc(-c2nc(SCc3ccccc3)c(C#N)c3c2CCC3)cc1. The number of thioether (sulfide) groups is 1. The van der Waals surface area contributed by atoms with Gasteiger partial charge in [0.25, 0.3) is 0 Å². The number of rotatable bonds is 4. The molecule has 0 aliphatic heterocycles. The summed E-state index contributed by atoms with van der Waals surface area (Å²) in [6, 6.07) is 21.7. The maximum absolute atomic E-state index is 9.86. The summed E-state index contributed by atoms with van der Waals surface area (Å²) in [7, 11) is 0. The van der Waals surface area contributed by atoms with Crippen LogP contribution in [0.5, 0.6) is 0 Å². The van der Waals surface area contributed by atoms with Crippen molar-refractivity contribution in [3.05, 3.63) is 82.4 Å². The van der Waals surface area contributed by atoms with Gasteiger partial charge in [-0.05, 0) is 46.9 Å². The molecular weight excluding hydrogens is 372 g/mol. The van der Waals surface area contributed by atoms with Gasteiger partial charge in [-0.15, -0.1) is 11.8 Å². The fourth-order valence-corrected chi connectivity index (χ4v) is 4.91. The predicted molar refractivity (Wildman–Crippen MR) is 121 cm³/mol. The summed E-state index contributed by atoms with van der Waals surface area (Å²) in [5.41, 5.74) is 8.20. The van der Waals surface area contributed by atoms with Crippen LogP contribution in [0.4, 0.5) is 0 Å². The van der Waals surface area contributed by atoms with Crippen LogP contribution >= 0.6 is 11.8 Å². The van der Waals surface area contributed by atoms with Crippen LogP contribution in [0, 0.1) is 11.3 Å². The minimum Gasteiger partial charge on any atom is -0.240 e. The Morgan fingerprint density at radius 2 is 1.66 bits per heavy atom. The zero-order chi connectivity index (χ0) is 20.4. The Bertz CT molecular complexity index is 1060. The van der Waals surface area contributed by atoms with Crippen molar-refractivity contribution in [3.8, 4) is 17.3 Å². The van der Waals surface area contributed by atoms with Gasteiger partial charge in [-0.2, -0.15) is 5.26 Å². The third-order valence-corrected chi connectivity index (χ3v) is 6.63. The molecule has 2 aromatic carbocycles. The van der Waals surface area contributed by atoms with Crippen LogP contribution in [0.25, 0.3) is 11.3 Å². The second-order valence-electron chi connectivity index (χ2n) is 8.66. The minimum absolute atomic E-state index is 0.134. The molecule has 29 heavy (non-hydrogen) atoms. The molecule has 146 valence electrons. The van der Waals surface area contributed by atoms with Crippen molar-refractivity contribution >= 4 is 11.8 Å². The molecule has 0 N–H and O–H groups in total. The molecule has 1 aliphatic rings. The summed E-state index contributed by atoms with van der Waals surface area (Å²) in [5.74, 6) is 0.823. The van der Waals surface area contributed by atoms with Gasteiger partial charge in [0.15, 0.2) is 0 Å². The largest absolute Gasteiger partial charge is 0.240 e. The van der Waals surface area contributed by atoms with Gasteiger partial charge >= 0.3 is 0 Å². The van der Waals surface area contributed by atoms with Crippen molar-refractivity contribution in [2.24, 2.45) is 0 Å². The fourth-order valence-electron chi connectivity index (χ4n) is 3.95. The number of hydrogen-bond donors (Lipinski definition) is 0. The van der Waals surface area contributed by atoms with E-state index in [1.54, 1.807) is 11.8 Å². The molecule has 0 fully saturated rings. The van der Waals surface area contributed by atoms with E-state index in [9.17, 15) is 5.26 Å². The summed E-state index contributed by atoms with van der Waals surface area (Å²) in [6.45, 7) is 6.70. The Kier molecular flexibility index (Phi) is 5.48. The van der Waals surface area contributed by atoms with Gasteiger partial charge in [0.05, 0.1) is 11.3 Å². The van der Waals surface area contributed by atoms with Crippen LogP contribution in [-0.4, -0.2) is 4.98 Å². The summed E-state index contributed by atoms with van der Waals surface area (Å²) < 4.78 is 0. The summed E-state index contributed by atoms with van der Waals surface area (Å²) in [6.07, 6.45) is 3.09. The highest BCUT2D eigenvalue weighted by atomic mass is 32.2. The molecule has 1 aliphatic carbocycles. The van der Waals surface area contributed by atoms with Crippen LogP contribution in [0.1, 0.15) is 55.0 Å². The molecular formula is C26H26N2S. The Morgan fingerprint density at radius 1 is 0.966 bits per heavy atom. The first-order valence-corrected chi connectivity index (χ1v) is 11.2. The molecule has 3 heteroatoms. The van der Waals surface area contributed by atoms with Gasteiger partial charge in [-0.25, -0.2) is 4.98 Å². The van der Waals surface area contributed by atoms with Crippen LogP contribution in [-0.2, 0) is 24.0 Å². The lowest BCUT2D eigenvalue weighted by molar-refractivity contribution is 0.590. The van der Waals surface area contributed by atoms with Gasteiger partial charge in [0.2, 0.25) is 0 Å². The molecule has 0 atom stereocenters. The Labute approximate surface area is 178 Å². The number of aromatic nitrogens is 1. The lowest BCUT2D eigenvalue weighted by Gasteiger charge is -2.19. The van der Waals surface area contributed by atoms with E-state index >= 15 is 0 Å². The second kappa shape index (κ2) is 8.05. The lowest BCUT2D eigenvalue weighted by atomic mass is 9.86. The number of fused-ring (bicyclic) bond motifs is 1. The normalized spacial score (nSPS) is 13.2. The lowest BCUT2D eigenvalue weighted by Crippen LogP contribution is -2.10. The topological polar surface area (TPSA) is 36.7 Å². The van der Waals surface area contributed by atoms with E-state index in [1.165, 1.54) is 22.3 Å². The Hall–Kier alpha value is -2.57. The average Bonchev–Trinajstić information content (AvgIpc) is 3.21. The molecule has 0 saturated carbocycles. The number of hydrogen-bond acceptors (Lipinski definition) is 3. The minimum atomic E-state index is 0.134. The Morgan fingerprint density at radius 3 is 2.31 bits per heavy atom. The highest BCUT2D eigenvalue weighted by Crippen LogP contribution is 2.38. The first-order chi connectivity index (χ1) is 14.0.